The minimum Gasteiger partial charge on any atom is -0.475 e. The Labute approximate surface area is 292 Å². The predicted molar refractivity (Wildman–Crippen MR) is 183 cm³/mol. The number of primary amides is 1. The van der Waals surface area contributed by atoms with Crippen molar-refractivity contribution in [3.8, 4) is 0 Å². The number of benzene rings is 2. The third-order valence-electron chi connectivity index (χ3n) is 7.93. The summed E-state index contributed by atoms with van der Waals surface area (Å²) < 4.78 is 31.7. The number of carboxylic acids is 1. The molecule has 1 aliphatic rings. The molecule has 15 nitrogen and oxygen atoms in total. The van der Waals surface area contributed by atoms with Gasteiger partial charge < -0.3 is 44.0 Å². The Kier molecular flexibility index (Phi) is 16.4. The van der Waals surface area contributed by atoms with Gasteiger partial charge in [0.2, 0.25) is 23.6 Å². The van der Waals surface area contributed by atoms with Crippen LogP contribution < -0.4 is 38.9 Å². The van der Waals surface area contributed by atoms with E-state index in [-0.39, 0.29) is 37.1 Å². The predicted octanol–water partition coefficient (Wildman–Crippen LogP) is 1.49. The lowest BCUT2D eigenvalue weighted by atomic mass is 9.83. The van der Waals surface area contributed by atoms with E-state index in [1.807, 2.05) is 6.07 Å². The number of nitrogens with two attached hydrogens (primary N) is 4. The van der Waals surface area contributed by atoms with Crippen molar-refractivity contribution in [1.82, 2.24) is 10.6 Å². The number of amides is 4. The molecule has 3 rings (SSSR count). The Morgan fingerprint density at radius 3 is 1.96 bits per heavy atom. The summed E-state index contributed by atoms with van der Waals surface area (Å²) in [5.41, 5.74) is 23.6. The summed E-state index contributed by atoms with van der Waals surface area (Å²) in [6, 6.07) is 13.5. The standard InChI is InChI=1S/C31H43N9O4.C2HF3O2/c32-26(33)21-15-13-19(14-16-21)18-23(28(42)38-22-10-5-2-6-11-22)29(43)40-25(20-8-3-1-4-9-20)30(44)39-24(27(34)41)12-7-17-37-31(35)36;3-2(4,5)1(6)7/h2,5-6,10-11,13-16,20,23-25H,1,3-4,7-9,12,17-18H2,(H3,32,33)(H2,34,41)(H,38,42)(H,39,44)(H,40,43)(H4,35,36,37);(H,6,7)/t23?,24-,25-;/m0./s1. The van der Waals surface area contributed by atoms with E-state index in [2.05, 4.69) is 20.9 Å². The second-order valence-corrected chi connectivity index (χ2v) is 11.8. The van der Waals surface area contributed by atoms with E-state index in [9.17, 15) is 32.3 Å². The van der Waals surface area contributed by atoms with Crippen molar-refractivity contribution in [2.45, 2.75) is 69.6 Å². The van der Waals surface area contributed by atoms with Crippen molar-refractivity contribution in [2.24, 2.45) is 39.8 Å². The van der Waals surface area contributed by atoms with Gasteiger partial charge in [-0.25, -0.2) is 4.79 Å². The van der Waals surface area contributed by atoms with Crippen molar-refractivity contribution >= 4 is 47.1 Å². The number of nitrogens with one attached hydrogen (secondary N) is 4. The van der Waals surface area contributed by atoms with E-state index in [1.54, 1.807) is 48.5 Å². The van der Waals surface area contributed by atoms with Crippen LogP contribution in [0.25, 0.3) is 0 Å². The molecule has 2 aromatic carbocycles. The fourth-order valence-corrected chi connectivity index (χ4v) is 5.28. The van der Waals surface area contributed by atoms with Crippen molar-refractivity contribution in [3.05, 3.63) is 65.7 Å². The van der Waals surface area contributed by atoms with E-state index in [1.165, 1.54) is 0 Å². The number of carbonyl (C=O) groups is 5. The summed E-state index contributed by atoms with van der Waals surface area (Å²) >= 11 is 0. The molecule has 2 aromatic rings. The van der Waals surface area contributed by atoms with E-state index < -0.39 is 53.8 Å². The molecule has 278 valence electrons. The monoisotopic (exact) mass is 719 g/mol. The molecule has 3 atom stereocenters. The van der Waals surface area contributed by atoms with E-state index in [0.29, 0.717) is 36.1 Å². The number of guanidine groups is 1. The normalized spacial score (nSPS) is 14.6. The lowest BCUT2D eigenvalue weighted by molar-refractivity contribution is -0.192. The molecule has 51 heavy (non-hydrogen) atoms. The Bertz CT molecular complexity index is 1530. The maximum atomic E-state index is 13.9. The highest BCUT2D eigenvalue weighted by Gasteiger charge is 2.38. The van der Waals surface area contributed by atoms with Gasteiger partial charge in [0.05, 0.1) is 0 Å². The van der Waals surface area contributed by atoms with E-state index in [4.69, 9.17) is 38.2 Å². The molecule has 0 saturated heterocycles. The van der Waals surface area contributed by atoms with Crippen molar-refractivity contribution in [1.29, 1.82) is 5.41 Å². The maximum Gasteiger partial charge on any atom is 0.490 e. The van der Waals surface area contributed by atoms with Crippen molar-refractivity contribution in [2.75, 3.05) is 11.9 Å². The Hall–Kier alpha value is -5.68. The number of hydrogen-bond acceptors (Lipinski definition) is 7. The van der Waals surface area contributed by atoms with Crippen LogP contribution in [0, 0.1) is 17.2 Å². The van der Waals surface area contributed by atoms with Crippen LogP contribution in [0.4, 0.5) is 18.9 Å². The number of aliphatic imine (C=N–C) groups is 1. The van der Waals surface area contributed by atoms with Crippen LogP contribution in [-0.2, 0) is 30.4 Å². The van der Waals surface area contributed by atoms with E-state index >= 15 is 0 Å². The topological polar surface area (TPSA) is 282 Å². The number of halogens is 3. The molecule has 1 unspecified atom stereocenters. The first-order chi connectivity index (χ1) is 24.0. The second kappa shape index (κ2) is 20.1. The van der Waals surface area contributed by atoms with Gasteiger partial charge in [0.15, 0.2) is 5.96 Å². The zero-order chi connectivity index (χ0) is 38.1. The number of nitrogen functional groups attached to an aromatic ring is 1. The first-order valence-electron chi connectivity index (χ1n) is 16.0. The highest BCUT2D eigenvalue weighted by molar-refractivity contribution is 6.07. The average molecular weight is 720 g/mol. The lowest BCUT2D eigenvalue weighted by Gasteiger charge is -2.32. The third-order valence-corrected chi connectivity index (χ3v) is 7.93. The molecule has 0 aliphatic heterocycles. The van der Waals surface area contributed by atoms with Crippen LogP contribution in [0.2, 0.25) is 0 Å². The van der Waals surface area contributed by atoms with Gasteiger partial charge in [0.25, 0.3) is 0 Å². The molecule has 18 heteroatoms. The minimum absolute atomic E-state index is 0.0381. The number of nitrogens with zero attached hydrogens (tertiary/aromatic N) is 1. The van der Waals surface area contributed by atoms with Gasteiger partial charge in [-0.1, -0.05) is 61.7 Å². The Morgan fingerprint density at radius 1 is 0.863 bits per heavy atom. The van der Waals surface area contributed by atoms with Crippen LogP contribution >= 0.6 is 0 Å². The first-order valence-corrected chi connectivity index (χ1v) is 16.0. The van der Waals surface area contributed by atoms with Gasteiger partial charge >= 0.3 is 12.1 Å². The smallest absolute Gasteiger partial charge is 0.475 e. The SMILES string of the molecule is N=C(N)c1ccc(CC(C(=O)Nc2ccccc2)C(=O)N[C@H](C(=O)N[C@@H](CCCN=C(N)N)C(N)=O)C2CCCCC2)cc1.O=C(O)C(F)(F)F. The van der Waals surface area contributed by atoms with Crippen molar-refractivity contribution < 1.29 is 42.3 Å². The minimum atomic E-state index is -5.08. The van der Waals surface area contributed by atoms with E-state index in [0.717, 1.165) is 19.3 Å². The number of carboxylic acid groups (broad SMARTS) is 1. The average Bonchev–Trinajstić information content (AvgIpc) is 3.07. The summed E-state index contributed by atoms with van der Waals surface area (Å²) in [6.07, 6.45) is -0.222. The molecule has 0 bridgehead atoms. The maximum absolute atomic E-state index is 13.9. The van der Waals surface area contributed by atoms with Gasteiger partial charge in [0.1, 0.15) is 23.8 Å². The third kappa shape index (κ3) is 14.8. The summed E-state index contributed by atoms with van der Waals surface area (Å²) in [4.78, 5) is 66.0. The second-order valence-electron chi connectivity index (χ2n) is 11.8. The molecule has 4 amide bonds. The quantitative estimate of drug-likeness (QED) is 0.0557. The Balaban J connectivity index is 0.00000116. The van der Waals surface area contributed by atoms with Crippen LogP contribution in [0.3, 0.4) is 0 Å². The number of aliphatic carboxylic acids is 1. The number of para-hydroxylation sites is 1. The molecule has 0 heterocycles. The zero-order valence-electron chi connectivity index (χ0n) is 27.7. The fourth-order valence-electron chi connectivity index (χ4n) is 5.28. The van der Waals surface area contributed by atoms with Crippen LogP contribution in [0.1, 0.15) is 56.1 Å². The van der Waals surface area contributed by atoms with Gasteiger partial charge in [-0.2, -0.15) is 13.2 Å². The number of amidine groups is 1. The first kappa shape index (κ1) is 41.5. The molecular formula is C33H44F3N9O6. The molecule has 0 radical (unpaired) electrons. The van der Waals surface area contributed by atoms with Crippen LogP contribution in [0.15, 0.2) is 59.6 Å². The Morgan fingerprint density at radius 2 is 1.45 bits per heavy atom. The fraction of sp³-hybridized carbons (Fsp3) is 0.424. The van der Waals surface area contributed by atoms with Gasteiger partial charge in [-0.15, -0.1) is 0 Å². The molecule has 1 fully saturated rings. The molecular weight excluding hydrogens is 675 g/mol. The van der Waals surface area contributed by atoms with Crippen LogP contribution in [-0.4, -0.2) is 71.3 Å². The molecule has 0 spiro atoms. The lowest BCUT2D eigenvalue weighted by Crippen LogP contribution is -2.57. The number of carbonyl (C=O) groups excluding carboxylic acids is 4. The van der Waals surface area contributed by atoms with Gasteiger partial charge in [0, 0.05) is 17.8 Å². The summed E-state index contributed by atoms with van der Waals surface area (Å²) in [7, 11) is 0. The van der Waals surface area contributed by atoms with Crippen molar-refractivity contribution in [3.63, 3.8) is 0 Å². The van der Waals surface area contributed by atoms with Gasteiger partial charge in [-0.05, 0) is 55.7 Å². The number of hydrogen-bond donors (Lipinski definition) is 9. The largest absolute Gasteiger partial charge is 0.490 e. The molecule has 13 N–H and O–H groups in total. The summed E-state index contributed by atoms with van der Waals surface area (Å²) in [6.45, 7) is 0.260. The number of anilines is 1. The molecule has 1 aliphatic carbocycles. The highest BCUT2D eigenvalue weighted by Crippen LogP contribution is 2.27. The number of rotatable bonds is 15. The highest BCUT2D eigenvalue weighted by atomic mass is 19.4. The summed E-state index contributed by atoms with van der Waals surface area (Å²) in [5, 5.41) is 23.1. The summed E-state index contributed by atoms with van der Waals surface area (Å²) in [5.74, 6) is -6.73. The molecule has 1 saturated carbocycles. The van der Waals surface area contributed by atoms with Gasteiger partial charge in [-0.3, -0.25) is 29.6 Å². The zero-order valence-corrected chi connectivity index (χ0v) is 27.7. The van der Waals surface area contributed by atoms with Crippen LogP contribution in [0.5, 0.6) is 0 Å². The molecule has 0 aromatic heterocycles. The number of alkyl halides is 3.